The van der Waals surface area contributed by atoms with Crippen molar-refractivity contribution >= 4 is 80.9 Å². The van der Waals surface area contributed by atoms with Crippen molar-refractivity contribution in [1.82, 2.24) is 35.4 Å². The van der Waals surface area contributed by atoms with Gasteiger partial charge in [-0.25, -0.2) is 24.6 Å². The number of nitrogens with one attached hydrogen (secondary N) is 2. The second-order valence-electron chi connectivity index (χ2n) is 7.94. The van der Waals surface area contributed by atoms with E-state index < -0.39 is 40.9 Å². The number of thioether (sulfide) groups is 2. The van der Waals surface area contributed by atoms with E-state index in [1.165, 1.54) is 40.2 Å². The minimum absolute atomic E-state index is 0.0226. The maximum atomic E-state index is 13.5. The summed E-state index contributed by atoms with van der Waals surface area (Å²) >= 11 is 5.07. The van der Waals surface area contributed by atoms with Crippen LogP contribution in [0.15, 0.2) is 21.0 Å². The van der Waals surface area contributed by atoms with E-state index in [4.69, 9.17) is 11.1 Å². The molecule has 3 aliphatic rings. The number of rotatable bonds is 8. The molecule has 37 heavy (non-hydrogen) atoms. The largest absolute Gasteiger partial charge is 0.477 e. The fraction of sp³-hybridized carbons (Fsp3) is 0.368. The number of carbonyl (C=O) groups is 4. The van der Waals surface area contributed by atoms with Gasteiger partial charge >= 0.3 is 12.0 Å². The van der Waals surface area contributed by atoms with E-state index in [-0.39, 0.29) is 29.6 Å². The Balaban J connectivity index is 1.43. The number of hydrogen-bond donors (Lipinski definition) is 4. The van der Waals surface area contributed by atoms with E-state index in [9.17, 15) is 24.3 Å². The van der Waals surface area contributed by atoms with Gasteiger partial charge in [0.1, 0.15) is 27.5 Å². The molecule has 194 valence electrons. The summed E-state index contributed by atoms with van der Waals surface area (Å²) in [6, 6.07) is -1.77. The number of urea groups is 1. The van der Waals surface area contributed by atoms with E-state index in [0.717, 1.165) is 31.3 Å². The first-order valence-corrected chi connectivity index (χ1v) is 14.4. The molecule has 2 saturated heterocycles. The van der Waals surface area contributed by atoms with Crippen LogP contribution in [0.1, 0.15) is 10.7 Å². The first-order chi connectivity index (χ1) is 17.7. The van der Waals surface area contributed by atoms with Gasteiger partial charge in [-0.1, -0.05) is 23.1 Å². The number of carboxylic acid groups (broad SMARTS) is 1. The molecule has 0 aliphatic carbocycles. The Morgan fingerprint density at radius 3 is 2.76 bits per heavy atom. The van der Waals surface area contributed by atoms with Crippen LogP contribution in [0.3, 0.4) is 0 Å². The number of aryl methyl sites for hydroxylation is 1. The van der Waals surface area contributed by atoms with Crippen molar-refractivity contribution in [3.63, 3.8) is 0 Å². The van der Waals surface area contributed by atoms with Crippen LogP contribution in [-0.4, -0.2) is 101 Å². The number of hydrazine groups is 1. The van der Waals surface area contributed by atoms with Gasteiger partial charge in [-0.15, -0.1) is 33.3 Å². The summed E-state index contributed by atoms with van der Waals surface area (Å²) in [4.78, 5) is 56.8. The molecule has 0 bridgehead atoms. The molecular formula is C19H19N9O5S4. The summed E-state index contributed by atoms with van der Waals surface area (Å²) in [5.41, 5.74) is 5.54. The van der Waals surface area contributed by atoms with E-state index in [2.05, 4.69) is 20.5 Å². The van der Waals surface area contributed by atoms with Crippen molar-refractivity contribution in [1.29, 1.82) is 5.41 Å². The Kier molecular flexibility index (Phi) is 6.82. The number of hydrogen-bond acceptors (Lipinski definition) is 13. The predicted molar refractivity (Wildman–Crippen MR) is 137 cm³/mol. The number of thiazole rings is 1. The molecular weight excluding hydrogens is 563 g/mol. The number of carbonyl (C=O) groups excluding carboxylic acids is 3. The van der Waals surface area contributed by atoms with E-state index in [1.54, 1.807) is 0 Å². The number of anilines is 1. The van der Waals surface area contributed by atoms with Gasteiger partial charge in [0.05, 0.1) is 6.54 Å². The summed E-state index contributed by atoms with van der Waals surface area (Å²) in [6.07, 6.45) is 0. The Morgan fingerprint density at radius 1 is 1.38 bits per heavy atom. The van der Waals surface area contributed by atoms with Crippen LogP contribution in [0.5, 0.6) is 0 Å². The molecule has 5 heterocycles. The van der Waals surface area contributed by atoms with Crippen LogP contribution in [0.25, 0.3) is 0 Å². The number of fused-ring (bicyclic) bond motifs is 1. The summed E-state index contributed by atoms with van der Waals surface area (Å²) < 4.78 is 0.688. The number of aliphatic carboxylic acids is 1. The van der Waals surface area contributed by atoms with Crippen LogP contribution in [0.2, 0.25) is 0 Å². The highest BCUT2D eigenvalue weighted by Crippen LogP contribution is 2.44. The highest BCUT2D eigenvalue weighted by molar-refractivity contribution is 8.01. The van der Waals surface area contributed by atoms with Crippen LogP contribution < -0.4 is 11.1 Å². The normalized spacial score (nSPS) is 21.0. The molecule has 2 atom stereocenters. The zero-order valence-electron chi connectivity index (χ0n) is 19.0. The van der Waals surface area contributed by atoms with Gasteiger partial charge in [-0.3, -0.25) is 19.9 Å². The predicted octanol–water partition coefficient (Wildman–Crippen LogP) is 0.437. The molecule has 0 radical (unpaired) electrons. The summed E-state index contributed by atoms with van der Waals surface area (Å²) in [6.45, 7) is 2.16. The molecule has 0 spiro atoms. The lowest BCUT2D eigenvalue weighted by atomic mass is 10.0. The van der Waals surface area contributed by atoms with Gasteiger partial charge in [0.15, 0.2) is 15.5 Å². The second kappa shape index (κ2) is 9.92. The van der Waals surface area contributed by atoms with Gasteiger partial charge in [-0.05, 0) is 12.5 Å². The van der Waals surface area contributed by atoms with Crippen molar-refractivity contribution in [2.45, 2.75) is 22.7 Å². The van der Waals surface area contributed by atoms with Crippen LogP contribution in [0.4, 0.5) is 9.93 Å². The average molecular weight is 582 g/mol. The van der Waals surface area contributed by atoms with Gasteiger partial charge in [0, 0.05) is 23.4 Å². The molecule has 1 unspecified atom stereocenters. The molecule has 5 rings (SSSR count). The zero-order chi connectivity index (χ0) is 26.4. The van der Waals surface area contributed by atoms with Gasteiger partial charge < -0.3 is 16.2 Å². The topological polar surface area (TPSA) is 199 Å². The number of nitrogens with zero attached hydrogens (tertiary/aromatic N) is 6. The Labute approximate surface area is 225 Å². The van der Waals surface area contributed by atoms with Crippen molar-refractivity contribution in [2.75, 3.05) is 30.3 Å². The third-order valence-corrected chi connectivity index (χ3v) is 9.71. The lowest BCUT2D eigenvalue weighted by Gasteiger charge is -2.53. The highest BCUT2D eigenvalue weighted by Gasteiger charge is 2.59. The lowest BCUT2D eigenvalue weighted by Crippen LogP contribution is -2.74. The fourth-order valence-electron chi connectivity index (χ4n) is 4.03. The SMILES string of the molecule is Cc1nnc(SCC2=C(C(=O)O)N3C(=O)C(N(C(=O)C(=N)c4csc(N)n4)N4CCNC4=O)[C@@H]3SC2)s1. The minimum atomic E-state index is -1.26. The number of nitrogen functional groups attached to an aromatic ring is 1. The Hall–Kier alpha value is -3.22. The van der Waals surface area contributed by atoms with Gasteiger partial charge in [-0.2, -0.15) is 0 Å². The second-order valence-corrected chi connectivity index (χ2v) is 12.3. The average Bonchev–Trinajstić information content (AvgIpc) is 3.60. The maximum absolute atomic E-state index is 13.5. The molecule has 3 aliphatic heterocycles. The van der Waals surface area contributed by atoms with E-state index >= 15 is 0 Å². The minimum Gasteiger partial charge on any atom is -0.477 e. The number of carboxylic acids is 1. The first-order valence-electron chi connectivity index (χ1n) is 10.7. The molecule has 2 fully saturated rings. The standard InChI is InChI=1S/C19H19N9O5S4/c1-7-24-25-19(37-7)36-5-8-4-34-15-12(14(30)27(15)11(8)16(31)32)28(26-3-2-22-18(26)33)13(29)10(20)9-6-35-17(21)23-9/h6,12,15,20H,2-5H2,1H3,(H2,21,23)(H,22,33)(H,31,32)/t12?,15-/m0/s1. The Morgan fingerprint density at radius 2 is 2.16 bits per heavy atom. The third-order valence-electron chi connectivity index (χ3n) is 5.66. The van der Waals surface area contributed by atoms with E-state index in [0.29, 0.717) is 21.4 Å². The van der Waals surface area contributed by atoms with Crippen molar-refractivity contribution in [3.8, 4) is 0 Å². The molecule has 0 aromatic carbocycles. The van der Waals surface area contributed by atoms with E-state index in [1.807, 2.05) is 6.92 Å². The van der Waals surface area contributed by atoms with Crippen LogP contribution in [-0.2, 0) is 14.4 Å². The quantitative estimate of drug-likeness (QED) is 0.192. The van der Waals surface area contributed by atoms with Gasteiger partial charge in [0.2, 0.25) is 0 Å². The maximum Gasteiger partial charge on any atom is 0.352 e. The molecule has 5 N–H and O–H groups in total. The smallest absolute Gasteiger partial charge is 0.352 e. The fourth-order valence-corrected chi connectivity index (χ4v) is 7.92. The molecule has 14 nitrogen and oxygen atoms in total. The summed E-state index contributed by atoms with van der Waals surface area (Å²) in [5, 5.41) is 32.6. The zero-order valence-corrected chi connectivity index (χ0v) is 22.3. The monoisotopic (exact) mass is 581 g/mol. The lowest BCUT2D eigenvalue weighted by molar-refractivity contribution is -0.169. The van der Waals surface area contributed by atoms with Gasteiger partial charge in [0.25, 0.3) is 11.8 Å². The first kappa shape index (κ1) is 25.4. The molecule has 2 aromatic heterocycles. The number of nitrogens with two attached hydrogens (primary N) is 1. The third kappa shape index (κ3) is 4.53. The van der Waals surface area contributed by atoms with Crippen LogP contribution in [0, 0.1) is 12.3 Å². The van der Waals surface area contributed by atoms with Crippen molar-refractivity contribution < 1.29 is 24.3 Å². The number of aromatic nitrogens is 3. The molecule has 18 heteroatoms. The molecule has 2 aromatic rings. The molecule has 4 amide bonds. The van der Waals surface area contributed by atoms with Crippen molar-refractivity contribution in [2.24, 2.45) is 0 Å². The molecule has 0 saturated carbocycles. The number of amides is 4. The Bertz CT molecular complexity index is 1360. The summed E-state index contributed by atoms with van der Waals surface area (Å²) in [7, 11) is 0. The number of β-lactam (4-membered cyclic amide) rings is 1. The van der Waals surface area contributed by atoms with Crippen LogP contribution >= 0.6 is 46.2 Å². The van der Waals surface area contributed by atoms with Crippen molar-refractivity contribution in [3.05, 3.63) is 27.4 Å². The highest BCUT2D eigenvalue weighted by atomic mass is 32.2. The summed E-state index contributed by atoms with van der Waals surface area (Å²) in [5.74, 6) is -2.22.